The van der Waals surface area contributed by atoms with Gasteiger partial charge in [0, 0.05) is 6.42 Å². The van der Waals surface area contributed by atoms with Crippen LogP contribution in [0.2, 0.25) is 0 Å². The minimum Gasteiger partial charge on any atom is -0.125 e. The van der Waals surface area contributed by atoms with Gasteiger partial charge in [-0.05, 0) is 86.7 Å². The lowest BCUT2D eigenvalue weighted by molar-refractivity contribution is 1.34. The molecule has 0 atom stereocenters. The molecule has 1 heteroatoms. The molecule has 0 fully saturated rings. The Balaban J connectivity index is 1.52. The Morgan fingerprint density at radius 1 is 0.561 bits per heavy atom. The molecule has 0 amide bonds. The summed E-state index contributed by atoms with van der Waals surface area (Å²) < 4.78 is 0. The van der Waals surface area contributed by atoms with E-state index in [0.29, 0.717) is 0 Å². The van der Waals surface area contributed by atoms with Gasteiger partial charge in [0.15, 0.2) is 0 Å². The third-order valence-corrected chi connectivity index (χ3v) is 8.54. The summed E-state index contributed by atoms with van der Waals surface area (Å²) in [5.74, 6) is 0. The standard InChI is InChI=1S/C40H36B/c1-26-22-28(3)39(29(4)23-26)41(40-30(5)24-27(2)25-31(40)6)35-20-18-33(19-21-35)37-17-11-15-34-14-10-16-36(38(34)37)32-12-8-7-9-13-32/h8-25H,1-6H3. The van der Waals surface area contributed by atoms with Crippen LogP contribution >= 0.6 is 0 Å². The van der Waals surface area contributed by atoms with Crippen molar-refractivity contribution in [1.82, 2.24) is 0 Å². The molecule has 1 aliphatic carbocycles. The molecule has 0 aromatic heterocycles. The average Bonchev–Trinajstić information content (AvgIpc) is 2.95. The van der Waals surface area contributed by atoms with Crippen LogP contribution in [0.3, 0.4) is 0 Å². The Bertz CT molecular complexity index is 1780. The molecular weight excluding hydrogens is 491 g/mol. The van der Waals surface area contributed by atoms with Crippen LogP contribution in [-0.4, -0.2) is 6.71 Å². The molecule has 0 spiro atoms. The second-order valence-corrected chi connectivity index (χ2v) is 11.7. The molecule has 5 aromatic carbocycles. The summed E-state index contributed by atoms with van der Waals surface area (Å²) in [5.41, 5.74) is 20.4. The van der Waals surface area contributed by atoms with Gasteiger partial charge in [-0.15, -0.1) is 5.73 Å². The lowest BCUT2D eigenvalue weighted by Crippen LogP contribution is -2.55. The molecular formula is C40H36B. The van der Waals surface area contributed by atoms with E-state index in [1.165, 1.54) is 82.8 Å². The SMILES string of the molecule is Cc1cc(C)c(B(c2ccc(-c3cccc4cccc(C5=CC=C=C[CH]5)c34)cc2)c2c(C)cc(C)cc2C)c(C)c1. The molecule has 1 radical (unpaired) electrons. The van der Waals surface area contributed by atoms with Gasteiger partial charge in [-0.1, -0.05) is 141 Å². The van der Waals surface area contributed by atoms with E-state index in [-0.39, 0.29) is 6.71 Å². The molecule has 0 N–H and O–H groups in total. The Labute approximate surface area is 245 Å². The van der Waals surface area contributed by atoms with Crippen LogP contribution < -0.4 is 16.4 Å². The fourth-order valence-corrected chi connectivity index (χ4v) is 7.01. The van der Waals surface area contributed by atoms with Crippen molar-refractivity contribution in [2.45, 2.75) is 41.5 Å². The van der Waals surface area contributed by atoms with Gasteiger partial charge in [0.2, 0.25) is 6.71 Å². The molecule has 0 saturated heterocycles. The molecule has 0 saturated carbocycles. The zero-order valence-electron chi connectivity index (χ0n) is 25.0. The highest BCUT2D eigenvalue weighted by Gasteiger charge is 2.28. The molecule has 199 valence electrons. The first-order valence-electron chi connectivity index (χ1n) is 14.6. The summed E-state index contributed by atoms with van der Waals surface area (Å²) >= 11 is 0. The van der Waals surface area contributed by atoms with Crippen LogP contribution in [-0.2, 0) is 0 Å². The van der Waals surface area contributed by atoms with Gasteiger partial charge in [0.1, 0.15) is 0 Å². The van der Waals surface area contributed by atoms with Gasteiger partial charge in [-0.2, -0.15) is 0 Å². The van der Waals surface area contributed by atoms with Gasteiger partial charge in [0.25, 0.3) is 0 Å². The molecule has 1 aliphatic rings. The molecule has 0 nitrogen and oxygen atoms in total. The third-order valence-electron chi connectivity index (χ3n) is 8.54. The molecule has 5 aromatic rings. The molecule has 0 aliphatic heterocycles. The van der Waals surface area contributed by atoms with Gasteiger partial charge < -0.3 is 0 Å². The van der Waals surface area contributed by atoms with Crippen LogP contribution in [0.25, 0.3) is 27.5 Å². The Morgan fingerprint density at radius 3 is 1.61 bits per heavy atom. The maximum Gasteiger partial charge on any atom is 0.242 e. The first-order valence-corrected chi connectivity index (χ1v) is 14.6. The predicted molar refractivity (Wildman–Crippen MR) is 180 cm³/mol. The largest absolute Gasteiger partial charge is 0.242 e. The highest BCUT2D eigenvalue weighted by atomic mass is 14.2. The summed E-state index contributed by atoms with van der Waals surface area (Å²) in [6.45, 7) is 13.7. The fraction of sp³-hybridized carbons (Fsp3) is 0.150. The van der Waals surface area contributed by atoms with Gasteiger partial charge in [0.05, 0.1) is 0 Å². The Hall–Kier alpha value is -4.32. The molecule has 0 bridgehead atoms. The van der Waals surface area contributed by atoms with E-state index in [1.807, 2.05) is 12.2 Å². The minimum atomic E-state index is 0.175. The Kier molecular flexibility index (Phi) is 7.16. The summed E-state index contributed by atoms with van der Waals surface area (Å²) in [4.78, 5) is 0. The van der Waals surface area contributed by atoms with Crippen molar-refractivity contribution in [3.05, 3.63) is 154 Å². The van der Waals surface area contributed by atoms with Crippen LogP contribution in [0.4, 0.5) is 0 Å². The molecule has 0 unspecified atom stereocenters. The topological polar surface area (TPSA) is 0 Å². The van der Waals surface area contributed by atoms with Crippen LogP contribution in [0.5, 0.6) is 0 Å². The summed E-state index contributed by atoms with van der Waals surface area (Å²) in [6, 6.07) is 32.0. The summed E-state index contributed by atoms with van der Waals surface area (Å²) in [6.07, 6.45) is 8.29. The van der Waals surface area contributed by atoms with E-state index < -0.39 is 0 Å². The van der Waals surface area contributed by atoms with Crippen LogP contribution in [0.1, 0.15) is 38.9 Å². The number of aryl methyl sites for hydroxylation is 6. The predicted octanol–water partition coefficient (Wildman–Crippen LogP) is 8.19. The highest BCUT2D eigenvalue weighted by molar-refractivity contribution is 6.96. The van der Waals surface area contributed by atoms with Crippen LogP contribution in [0, 0.1) is 48.0 Å². The second kappa shape index (κ2) is 10.9. The highest BCUT2D eigenvalue weighted by Crippen LogP contribution is 2.35. The van der Waals surface area contributed by atoms with E-state index >= 15 is 0 Å². The van der Waals surface area contributed by atoms with Crippen molar-refractivity contribution in [2.24, 2.45) is 0 Å². The van der Waals surface area contributed by atoms with E-state index in [1.54, 1.807) is 0 Å². The fourth-order valence-electron chi connectivity index (χ4n) is 7.01. The zero-order valence-corrected chi connectivity index (χ0v) is 25.0. The number of benzene rings is 5. The first-order chi connectivity index (χ1) is 19.8. The normalized spacial score (nSPS) is 12.6. The first kappa shape index (κ1) is 26.9. The molecule has 41 heavy (non-hydrogen) atoms. The van der Waals surface area contributed by atoms with E-state index in [4.69, 9.17) is 0 Å². The average molecular weight is 528 g/mol. The van der Waals surface area contributed by atoms with Crippen molar-refractivity contribution in [3.8, 4) is 11.1 Å². The number of hydrogen-bond acceptors (Lipinski definition) is 0. The summed E-state index contributed by atoms with van der Waals surface area (Å²) in [7, 11) is 0. The van der Waals surface area contributed by atoms with Crippen molar-refractivity contribution < 1.29 is 0 Å². The van der Waals surface area contributed by atoms with Crippen molar-refractivity contribution in [1.29, 1.82) is 0 Å². The van der Waals surface area contributed by atoms with Crippen molar-refractivity contribution >= 4 is 39.4 Å². The van der Waals surface area contributed by atoms with Gasteiger partial charge in [-0.25, -0.2) is 0 Å². The minimum absolute atomic E-state index is 0.175. The summed E-state index contributed by atoms with van der Waals surface area (Å²) in [5, 5.41) is 2.55. The second-order valence-electron chi connectivity index (χ2n) is 11.7. The smallest absolute Gasteiger partial charge is 0.125 e. The van der Waals surface area contributed by atoms with Gasteiger partial charge >= 0.3 is 0 Å². The zero-order chi connectivity index (χ0) is 28.7. The number of allylic oxidation sites excluding steroid dienone is 3. The van der Waals surface area contributed by atoms with Crippen LogP contribution in [0.15, 0.2) is 109 Å². The lowest BCUT2D eigenvalue weighted by atomic mass is 9.34. The van der Waals surface area contributed by atoms with Crippen molar-refractivity contribution in [2.75, 3.05) is 0 Å². The molecule has 6 rings (SSSR count). The lowest BCUT2D eigenvalue weighted by Gasteiger charge is -2.25. The van der Waals surface area contributed by atoms with E-state index in [0.717, 1.165) is 0 Å². The van der Waals surface area contributed by atoms with E-state index in [9.17, 15) is 0 Å². The number of fused-ring (bicyclic) bond motifs is 1. The quantitative estimate of drug-likeness (QED) is 0.160. The maximum absolute atomic E-state index is 3.16. The Morgan fingerprint density at radius 2 is 1.10 bits per heavy atom. The van der Waals surface area contributed by atoms with Gasteiger partial charge in [-0.3, -0.25) is 0 Å². The number of rotatable bonds is 5. The van der Waals surface area contributed by atoms with Crippen molar-refractivity contribution in [3.63, 3.8) is 0 Å². The maximum atomic E-state index is 3.16. The number of hydrogen-bond donors (Lipinski definition) is 0. The molecule has 0 heterocycles. The monoisotopic (exact) mass is 527 g/mol. The van der Waals surface area contributed by atoms with E-state index in [2.05, 4.69) is 145 Å². The third kappa shape index (κ3) is 5.03.